The van der Waals surface area contributed by atoms with Crippen molar-refractivity contribution < 1.29 is 80.2 Å². The van der Waals surface area contributed by atoms with Gasteiger partial charge in [-0.1, -0.05) is 246 Å². The van der Waals surface area contributed by atoms with Crippen LogP contribution < -0.4 is 0 Å². The molecule has 19 heteroatoms. The van der Waals surface area contributed by atoms with Crippen molar-refractivity contribution in [2.45, 2.75) is 316 Å². The third-order valence-corrected chi connectivity index (χ3v) is 15.5. The van der Waals surface area contributed by atoms with Gasteiger partial charge in [-0.15, -0.1) is 0 Å². The van der Waals surface area contributed by atoms with Crippen LogP contribution in [0.3, 0.4) is 0 Å². The number of rotatable bonds is 60. The van der Waals surface area contributed by atoms with Crippen molar-refractivity contribution in [2.75, 3.05) is 39.6 Å². The van der Waals surface area contributed by atoms with Crippen molar-refractivity contribution in [3.63, 3.8) is 0 Å². The van der Waals surface area contributed by atoms with E-state index < -0.39 is 97.5 Å². The molecule has 2 unspecified atom stereocenters. The van der Waals surface area contributed by atoms with Crippen LogP contribution in [-0.2, 0) is 65.4 Å². The van der Waals surface area contributed by atoms with Gasteiger partial charge in [0.05, 0.1) is 26.4 Å². The third-order valence-electron chi connectivity index (χ3n) is 13.6. The second-order valence-corrected chi connectivity index (χ2v) is 24.3. The van der Waals surface area contributed by atoms with Crippen molar-refractivity contribution in [2.24, 2.45) is 0 Å². The lowest BCUT2D eigenvalue weighted by atomic mass is 10.0. The fourth-order valence-corrected chi connectivity index (χ4v) is 10.3. The Morgan fingerprint density at radius 1 is 0.308 bits per heavy atom. The first-order valence-electron chi connectivity index (χ1n) is 31.3. The van der Waals surface area contributed by atoms with Crippen molar-refractivity contribution >= 4 is 39.5 Å². The number of carbonyl (C=O) groups is 4. The molecule has 0 heterocycles. The maximum atomic E-state index is 12.9. The lowest BCUT2D eigenvalue weighted by Crippen LogP contribution is -2.30. The molecule has 0 fully saturated rings. The van der Waals surface area contributed by atoms with Gasteiger partial charge in [0.2, 0.25) is 0 Å². The third kappa shape index (κ3) is 53.4. The van der Waals surface area contributed by atoms with Crippen LogP contribution in [0.1, 0.15) is 297 Å². The summed E-state index contributed by atoms with van der Waals surface area (Å²) in [4.78, 5) is 71.7. The van der Waals surface area contributed by atoms with E-state index in [2.05, 4.69) is 27.7 Å². The molecule has 0 aliphatic rings. The first-order valence-corrected chi connectivity index (χ1v) is 34.3. The Bertz CT molecular complexity index is 1520. The number of phosphoric acid groups is 2. The van der Waals surface area contributed by atoms with Gasteiger partial charge in [0.1, 0.15) is 19.3 Å². The molecule has 0 rings (SSSR count). The predicted molar refractivity (Wildman–Crippen MR) is 308 cm³/mol. The molecule has 0 aliphatic heterocycles. The monoisotopic (exact) mass is 1160 g/mol. The highest BCUT2D eigenvalue weighted by atomic mass is 31.2. The summed E-state index contributed by atoms with van der Waals surface area (Å²) in [6.45, 7) is 4.76. The highest BCUT2D eigenvalue weighted by Gasteiger charge is 2.30. The van der Waals surface area contributed by atoms with Crippen molar-refractivity contribution in [3.05, 3.63) is 0 Å². The van der Waals surface area contributed by atoms with Crippen LogP contribution in [0.15, 0.2) is 0 Å². The minimum Gasteiger partial charge on any atom is -0.462 e. The van der Waals surface area contributed by atoms with Gasteiger partial charge in [-0.2, -0.15) is 0 Å². The topological polar surface area (TPSA) is 237 Å². The first-order chi connectivity index (χ1) is 37.7. The molecular weight excluding hydrogens is 1040 g/mol. The number of hydrogen-bond acceptors (Lipinski definition) is 15. The summed E-state index contributed by atoms with van der Waals surface area (Å²) in [6, 6.07) is 0. The van der Waals surface area contributed by atoms with E-state index in [0.717, 1.165) is 96.3 Å². The number of esters is 4. The molecule has 0 aromatic carbocycles. The molecule has 0 aliphatic carbocycles. The van der Waals surface area contributed by atoms with Gasteiger partial charge in [-0.25, -0.2) is 9.13 Å². The molecule has 0 spiro atoms. The van der Waals surface area contributed by atoms with Gasteiger partial charge in [0.25, 0.3) is 0 Å². The van der Waals surface area contributed by atoms with E-state index in [1.165, 1.54) is 122 Å². The molecule has 0 saturated heterocycles. The quantitative estimate of drug-likeness (QED) is 0.0222. The molecule has 78 heavy (non-hydrogen) atoms. The highest BCUT2D eigenvalue weighted by Crippen LogP contribution is 2.45. The Morgan fingerprint density at radius 2 is 0.513 bits per heavy atom. The molecular formula is C59H114O17P2. The molecule has 17 nitrogen and oxygen atoms in total. The maximum absolute atomic E-state index is 12.9. The molecule has 0 bridgehead atoms. The smallest absolute Gasteiger partial charge is 0.462 e. The molecule has 0 amide bonds. The van der Waals surface area contributed by atoms with E-state index in [1.807, 2.05) is 0 Å². The zero-order valence-electron chi connectivity index (χ0n) is 49.6. The van der Waals surface area contributed by atoms with Gasteiger partial charge in [-0.05, 0) is 25.7 Å². The van der Waals surface area contributed by atoms with Crippen molar-refractivity contribution in [1.29, 1.82) is 0 Å². The summed E-state index contributed by atoms with van der Waals surface area (Å²) in [5, 5.41) is 10.5. The van der Waals surface area contributed by atoms with Crippen molar-refractivity contribution in [1.82, 2.24) is 0 Å². The number of aliphatic hydroxyl groups is 1. The summed E-state index contributed by atoms with van der Waals surface area (Å²) >= 11 is 0. The van der Waals surface area contributed by atoms with Crippen LogP contribution in [0.5, 0.6) is 0 Å². The van der Waals surface area contributed by atoms with E-state index >= 15 is 0 Å². The number of unbranched alkanes of at least 4 members (excludes halogenated alkanes) is 34. The zero-order chi connectivity index (χ0) is 57.6. The van der Waals surface area contributed by atoms with Gasteiger partial charge >= 0.3 is 39.5 Å². The Hall–Kier alpha value is -1.94. The molecule has 0 aromatic heterocycles. The predicted octanol–water partition coefficient (Wildman–Crippen LogP) is 16.0. The zero-order valence-corrected chi connectivity index (χ0v) is 51.4. The highest BCUT2D eigenvalue weighted by molar-refractivity contribution is 7.47. The summed E-state index contributed by atoms with van der Waals surface area (Å²) in [6.07, 6.45) is 37.8. The van der Waals surface area contributed by atoms with Crippen LogP contribution in [0.2, 0.25) is 0 Å². The Labute approximate surface area is 473 Å². The fraction of sp³-hybridized carbons (Fsp3) is 0.932. The van der Waals surface area contributed by atoms with Crippen LogP contribution in [0, 0.1) is 0 Å². The molecule has 0 saturated carbocycles. The second kappa shape index (κ2) is 54.3. The van der Waals surface area contributed by atoms with E-state index in [1.54, 1.807) is 0 Å². The first kappa shape index (κ1) is 76.1. The minimum absolute atomic E-state index is 0.106. The van der Waals surface area contributed by atoms with Crippen molar-refractivity contribution in [3.8, 4) is 0 Å². The average molecular weight is 1160 g/mol. The van der Waals surface area contributed by atoms with Crippen LogP contribution in [-0.4, -0.2) is 96.7 Å². The van der Waals surface area contributed by atoms with E-state index in [9.17, 15) is 43.2 Å². The standard InChI is InChI=1S/C59H114O17P2/c1-5-9-13-17-20-23-26-28-31-34-38-42-46-59(64)76-55(50-70-57(62)44-40-36-32-30-27-24-21-18-14-10-6-2)52-74-78(67,68)72-48-53(60)47-71-77(65,66)73-51-54(49-69-56(61)43-39-35-16-12-8-4)75-58(63)45-41-37-33-29-25-22-19-15-11-7-3/h53-55,60H,5-52H2,1-4H3,(H,65,66)(H,67,68)/t53-,54+,55+/m0/s1. The lowest BCUT2D eigenvalue weighted by Gasteiger charge is -2.21. The number of aliphatic hydroxyl groups excluding tert-OH is 1. The Balaban J connectivity index is 5.18. The molecule has 462 valence electrons. The molecule has 0 radical (unpaired) electrons. The largest absolute Gasteiger partial charge is 0.472 e. The van der Waals surface area contributed by atoms with Crippen LogP contribution in [0.25, 0.3) is 0 Å². The van der Waals surface area contributed by atoms with Crippen LogP contribution in [0.4, 0.5) is 0 Å². The number of carbonyl (C=O) groups excluding carboxylic acids is 4. The Kier molecular flexibility index (Phi) is 53.0. The van der Waals surface area contributed by atoms with Gasteiger partial charge < -0.3 is 33.8 Å². The summed E-state index contributed by atoms with van der Waals surface area (Å²) in [5.41, 5.74) is 0. The Morgan fingerprint density at radius 3 is 0.756 bits per heavy atom. The number of hydrogen-bond donors (Lipinski definition) is 3. The fourth-order valence-electron chi connectivity index (χ4n) is 8.75. The normalized spacial score (nSPS) is 14.3. The second-order valence-electron chi connectivity index (χ2n) is 21.4. The summed E-state index contributed by atoms with van der Waals surface area (Å²) in [7, 11) is -9.86. The SMILES string of the molecule is CCCCCCCCCCCCCCC(=O)O[C@H](COC(=O)CCCCCCCCCCCCC)COP(=O)(O)OC[C@@H](O)COP(=O)(O)OC[C@@H](COC(=O)CCCCCCC)OC(=O)CCCCCCCCCCCC. The van der Waals surface area contributed by atoms with E-state index in [4.69, 9.17) is 37.0 Å². The summed E-state index contributed by atoms with van der Waals surface area (Å²) < 4.78 is 67.6. The number of ether oxygens (including phenoxy) is 4. The number of phosphoric ester groups is 2. The van der Waals surface area contributed by atoms with Gasteiger partial charge in [-0.3, -0.25) is 37.3 Å². The minimum atomic E-state index is -4.94. The van der Waals surface area contributed by atoms with E-state index in [-0.39, 0.29) is 25.7 Å². The van der Waals surface area contributed by atoms with Crippen LogP contribution >= 0.6 is 15.6 Å². The lowest BCUT2D eigenvalue weighted by molar-refractivity contribution is -0.161. The average Bonchev–Trinajstić information content (AvgIpc) is 3.41. The molecule has 3 N–H and O–H groups in total. The van der Waals surface area contributed by atoms with Gasteiger partial charge in [0, 0.05) is 25.7 Å². The van der Waals surface area contributed by atoms with E-state index in [0.29, 0.717) is 25.7 Å². The maximum Gasteiger partial charge on any atom is 0.472 e. The molecule has 5 atom stereocenters. The van der Waals surface area contributed by atoms with Gasteiger partial charge in [0.15, 0.2) is 12.2 Å². The molecule has 0 aromatic rings. The summed E-state index contributed by atoms with van der Waals surface area (Å²) in [5.74, 6) is -2.15.